The lowest BCUT2D eigenvalue weighted by molar-refractivity contribution is 0.184. The lowest BCUT2D eigenvalue weighted by atomic mass is 10.0. The molecule has 0 bridgehead atoms. The maximum absolute atomic E-state index is 14.3. The topological polar surface area (TPSA) is 126 Å². The fourth-order valence-electron chi connectivity index (χ4n) is 4.51. The monoisotopic (exact) mass is 546 g/mol. The van der Waals surface area contributed by atoms with Crippen LogP contribution in [0.1, 0.15) is 23.7 Å². The number of methoxy groups -OCH3 is 1. The Bertz CT molecular complexity index is 1930. The highest BCUT2D eigenvalue weighted by Crippen LogP contribution is 2.36. The molecule has 0 spiro atoms. The number of ether oxygens (including phenoxy) is 1. The van der Waals surface area contributed by atoms with Crippen LogP contribution in [0.15, 0.2) is 59.9 Å². The van der Waals surface area contributed by atoms with Crippen LogP contribution >= 0.6 is 11.3 Å². The van der Waals surface area contributed by atoms with Crippen LogP contribution < -0.4 is 11.3 Å². The van der Waals surface area contributed by atoms with E-state index < -0.39 is 23.2 Å². The van der Waals surface area contributed by atoms with E-state index in [1.165, 1.54) is 48.0 Å². The molecule has 0 saturated carbocycles. The molecule has 6 rings (SSSR count). The molecule has 1 unspecified atom stereocenters. The number of thiazole rings is 1. The van der Waals surface area contributed by atoms with Crippen LogP contribution in [-0.4, -0.2) is 41.2 Å². The van der Waals surface area contributed by atoms with Crippen molar-refractivity contribution in [1.82, 2.24) is 34.1 Å². The van der Waals surface area contributed by atoms with Crippen molar-refractivity contribution in [3.63, 3.8) is 0 Å². The zero-order chi connectivity index (χ0) is 27.3. The van der Waals surface area contributed by atoms with Crippen LogP contribution in [0.4, 0.5) is 14.6 Å². The third kappa shape index (κ3) is 4.21. The first-order valence-electron chi connectivity index (χ1n) is 11.8. The second-order valence-electron chi connectivity index (χ2n) is 8.74. The predicted octanol–water partition coefficient (Wildman–Crippen LogP) is 4.24. The summed E-state index contributed by atoms with van der Waals surface area (Å²) >= 11 is 1.39. The summed E-state index contributed by atoms with van der Waals surface area (Å²) in [6, 6.07) is 7.56. The van der Waals surface area contributed by atoms with Gasteiger partial charge in [0, 0.05) is 19.5 Å². The first-order chi connectivity index (χ1) is 18.9. The lowest BCUT2D eigenvalue weighted by Gasteiger charge is -2.18. The molecule has 6 aromatic rings. The van der Waals surface area contributed by atoms with Gasteiger partial charge >= 0.3 is 0 Å². The Morgan fingerprint density at radius 2 is 1.97 bits per heavy atom. The normalized spacial score (nSPS) is 12.4. The zero-order valence-electron chi connectivity index (χ0n) is 20.7. The smallest absolute Gasteiger partial charge is 0.266 e. The standard InChI is InChI=1S/C26H20F2N8O2S/c1-13(36-25-21(24(29)31-12-32-25)23(34-36)17-9-30-19(39-17)11-38-2)22-20(14-4-3-5-15(27)8-14)26(37)35-10-16(28)6-7-18(35)33-22/h3-10,12-13H,11H2,1-2H3,(H2,29,31,32). The minimum atomic E-state index is -0.678. The highest BCUT2D eigenvalue weighted by molar-refractivity contribution is 7.15. The number of nitrogens with zero attached hydrogens (tertiary/aromatic N) is 7. The van der Waals surface area contributed by atoms with Gasteiger partial charge in [0.1, 0.15) is 40.1 Å². The molecule has 0 aliphatic heterocycles. The number of nitrogens with two attached hydrogens (primary N) is 1. The number of benzene rings is 1. The summed E-state index contributed by atoms with van der Waals surface area (Å²) < 4.78 is 36.2. The minimum absolute atomic E-state index is 0.109. The second kappa shape index (κ2) is 9.60. The summed E-state index contributed by atoms with van der Waals surface area (Å²) in [4.78, 5) is 32.1. The van der Waals surface area contributed by atoms with Crippen LogP contribution in [0.2, 0.25) is 0 Å². The first-order valence-corrected chi connectivity index (χ1v) is 12.6. The largest absolute Gasteiger partial charge is 0.383 e. The molecule has 1 aromatic carbocycles. The van der Waals surface area contributed by atoms with Crippen LogP contribution in [0.25, 0.3) is 38.4 Å². The molecule has 2 N–H and O–H groups in total. The molecule has 0 saturated heterocycles. The first kappa shape index (κ1) is 24.7. The van der Waals surface area contributed by atoms with E-state index in [2.05, 4.69) is 15.0 Å². The summed E-state index contributed by atoms with van der Waals surface area (Å²) in [6.45, 7) is 2.14. The molecule has 0 amide bonds. The molecular formula is C26H20F2N8O2S. The number of hydrogen-bond donors (Lipinski definition) is 1. The van der Waals surface area contributed by atoms with Gasteiger partial charge in [-0.25, -0.2) is 33.4 Å². The van der Waals surface area contributed by atoms with E-state index in [0.29, 0.717) is 34.6 Å². The minimum Gasteiger partial charge on any atom is -0.383 e. The van der Waals surface area contributed by atoms with E-state index in [1.807, 2.05) is 0 Å². The Morgan fingerprint density at radius 1 is 1.13 bits per heavy atom. The molecule has 0 aliphatic carbocycles. The SMILES string of the molecule is COCc1ncc(-c2nn(C(C)c3nc4ccc(F)cn4c(=O)c3-c3cccc(F)c3)c3ncnc(N)c23)s1. The number of hydrogen-bond acceptors (Lipinski definition) is 9. The van der Waals surface area contributed by atoms with Gasteiger partial charge in [-0.05, 0) is 36.8 Å². The number of nitrogen functional groups attached to an aromatic ring is 1. The number of halogens is 2. The van der Waals surface area contributed by atoms with Gasteiger partial charge in [0.05, 0.1) is 34.2 Å². The van der Waals surface area contributed by atoms with E-state index in [9.17, 15) is 13.6 Å². The lowest BCUT2D eigenvalue weighted by Crippen LogP contribution is -2.23. The Kier molecular flexibility index (Phi) is 6.08. The molecule has 0 radical (unpaired) electrons. The molecule has 1 atom stereocenters. The van der Waals surface area contributed by atoms with Crippen molar-refractivity contribution < 1.29 is 13.5 Å². The average Bonchev–Trinajstić information content (AvgIpc) is 3.54. The number of fused-ring (bicyclic) bond motifs is 2. The highest BCUT2D eigenvalue weighted by atomic mass is 32.1. The van der Waals surface area contributed by atoms with Crippen LogP contribution in [-0.2, 0) is 11.3 Å². The van der Waals surface area contributed by atoms with Crippen molar-refractivity contribution in [2.24, 2.45) is 0 Å². The molecule has 0 fully saturated rings. The molecule has 5 heterocycles. The van der Waals surface area contributed by atoms with Crippen molar-refractivity contribution in [2.45, 2.75) is 19.6 Å². The summed E-state index contributed by atoms with van der Waals surface area (Å²) in [5, 5.41) is 6.10. The summed E-state index contributed by atoms with van der Waals surface area (Å²) in [7, 11) is 1.59. The Labute approximate surface area is 223 Å². The Balaban J connectivity index is 1.61. The fourth-order valence-corrected chi connectivity index (χ4v) is 5.39. The van der Waals surface area contributed by atoms with Crippen LogP contribution in [0.5, 0.6) is 0 Å². The van der Waals surface area contributed by atoms with Crippen molar-refractivity contribution in [3.8, 4) is 21.7 Å². The molecule has 13 heteroatoms. The van der Waals surface area contributed by atoms with E-state index in [4.69, 9.17) is 20.6 Å². The Morgan fingerprint density at radius 3 is 2.77 bits per heavy atom. The highest BCUT2D eigenvalue weighted by Gasteiger charge is 2.27. The average molecular weight is 547 g/mol. The predicted molar refractivity (Wildman–Crippen MR) is 142 cm³/mol. The maximum Gasteiger partial charge on any atom is 0.266 e. The van der Waals surface area contributed by atoms with Gasteiger partial charge in [0.25, 0.3) is 5.56 Å². The van der Waals surface area contributed by atoms with Crippen LogP contribution in [0.3, 0.4) is 0 Å². The van der Waals surface area contributed by atoms with Crippen molar-refractivity contribution in [3.05, 3.63) is 87.8 Å². The van der Waals surface area contributed by atoms with Crippen molar-refractivity contribution in [1.29, 1.82) is 0 Å². The van der Waals surface area contributed by atoms with Gasteiger partial charge in [-0.15, -0.1) is 11.3 Å². The van der Waals surface area contributed by atoms with Gasteiger partial charge in [-0.2, -0.15) is 5.10 Å². The maximum atomic E-state index is 14.3. The number of rotatable bonds is 6. The fraction of sp³-hybridized carbons (Fsp3) is 0.154. The van der Waals surface area contributed by atoms with Crippen molar-refractivity contribution in [2.75, 3.05) is 12.8 Å². The molecule has 10 nitrogen and oxygen atoms in total. The number of anilines is 1. The zero-order valence-corrected chi connectivity index (χ0v) is 21.5. The molecule has 196 valence electrons. The van der Waals surface area contributed by atoms with Crippen LogP contribution in [0, 0.1) is 11.6 Å². The third-order valence-electron chi connectivity index (χ3n) is 6.26. The van der Waals surface area contributed by atoms with Gasteiger partial charge in [-0.1, -0.05) is 12.1 Å². The van der Waals surface area contributed by atoms with E-state index in [-0.39, 0.29) is 17.0 Å². The van der Waals surface area contributed by atoms with E-state index in [0.717, 1.165) is 20.5 Å². The quantitative estimate of drug-likeness (QED) is 0.329. The summed E-state index contributed by atoms with van der Waals surface area (Å²) in [5.74, 6) is -0.911. The third-order valence-corrected chi connectivity index (χ3v) is 7.24. The van der Waals surface area contributed by atoms with Gasteiger partial charge in [-0.3, -0.25) is 9.20 Å². The number of pyridine rings is 1. The summed E-state index contributed by atoms with van der Waals surface area (Å²) in [5.41, 5.74) is 7.58. The summed E-state index contributed by atoms with van der Waals surface area (Å²) in [6.07, 6.45) is 4.06. The van der Waals surface area contributed by atoms with Crippen molar-refractivity contribution >= 4 is 33.8 Å². The second-order valence-corrected chi connectivity index (χ2v) is 9.86. The molecule has 5 aromatic heterocycles. The van der Waals surface area contributed by atoms with Gasteiger partial charge in [0.15, 0.2) is 5.65 Å². The van der Waals surface area contributed by atoms with Gasteiger partial charge in [0.2, 0.25) is 0 Å². The molecule has 39 heavy (non-hydrogen) atoms. The van der Waals surface area contributed by atoms with E-state index >= 15 is 0 Å². The number of aromatic nitrogens is 7. The van der Waals surface area contributed by atoms with E-state index in [1.54, 1.807) is 31.0 Å². The molecular weight excluding hydrogens is 526 g/mol. The molecule has 0 aliphatic rings. The van der Waals surface area contributed by atoms with Gasteiger partial charge < -0.3 is 10.5 Å². The Hall–Kier alpha value is -4.62.